The largest absolute Gasteiger partial charge is 0.472 e. The molecule has 1 aliphatic rings. The molecule has 0 bridgehead atoms. The molecule has 0 radical (unpaired) electrons. The van der Waals surface area contributed by atoms with Crippen LogP contribution < -0.4 is 0 Å². The van der Waals surface area contributed by atoms with Gasteiger partial charge in [-0.25, -0.2) is 4.57 Å². The van der Waals surface area contributed by atoms with Crippen molar-refractivity contribution in [2.75, 3.05) is 13.2 Å². The van der Waals surface area contributed by atoms with E-state index in [1.54, 1.807) is 0 Å². The molecule has 1 fully saturated rings. The lowest BCUT2D eigenvalue weighted by Gasteiger charge is -2.41. The van der Waals surface area contributed by atoms with E-state index in [9.17, 15) is 44.6 Å². The van der Waals surface area contributed by atoms with Crippen LogP contribution in [0.15, 0.2) is 12.2 Å². The van der Waals surface area contributed by atoms with Crippen molar-refractivity contribution in [3.8, 4) is 0 Å². The zero-order valence-corrected chi connectivity index (χ0v) is 34.9. The minimum atomic E-state index is -5.10. The molecule has 0 saturated heterocycles. The Morgan fingerprint density at radius 2 is 0.927 bits per heavy atom. The van der Waals surface area contributed by atoms with Crippen LogP contribution in [0.4, 0.5) is 0 Å². The van der Waals surface area contributed by atoms with Crippen LogP contribution in [-0.4, -0.2) is 98.3 Å². The van der Waals surface area contributed by atoms with Crippen LogP contribution in [0.5, 0.6) is 0 Å². The fourth-order valence-electron chi connectivity index (χ4n) is 6.58. The van der Waals surface area contributed by atoms with Gasteiger partial charge in [0, 0.05) is 12.8 Å². The number of unbranched alkanes of at least 4 members (excludes halogenated alkanes) is 21. The normalized spacial score (nSPS) is 23.1. The summed E-state index contributed by atoms with van der Waals surface area (Å²) in [5.41, 5.74) is 0. The van der Waals surface area contributed by atoms with E-state index in [0.717, 1.165) is 64.2 Å². The van der Waals surface area contributed by atoms with Gasteiger partial charge in [0.25, 0.3) is 0 Å². The first-order chi connectivity index (χ1) is 26.4. The number of aliphatic hydroxyl groups is 5. The van der Waals surface area contributed by atoms with Crippen molar-refractivity contribution in [3.63, 3.8) is 0 Å². The molecule has 1 aliphatic carbocycles. The highest BCUT2D eigenvalue weighted by Crippen LogP contribution is 2.47. The Balaban J connectivity index is 2.41. The minimum Gasteiger partial charge on any atom is -0.462 e. The maximum absolute atomic E-state index is 12.7. The van der Waals surface area contributed by atoms with Gasteiger partial charge in [0.15, 0.2) is 6.10 Å². The lowest BCUT2D eigenvalue weighted by atomic mass is 9.85. The Morgan fingerprint density at radius 1 is 0.545 bits per heavy atom. The number of ether oxygens (including phenoxy) is 2. The molecule has 0 heterocycles. The number of esters is 2. The van der Waals surface area contributed by atoms with E-state index in [4.69, 9.17) is 18.5 Å². The molecule has 0 aliphatic heterocycles. The number of aliphatic hydroxyl groups excluding tert-OH is 5. The molecule has 1 rings (SSSR count). The average Bonchev–Trinajstić information content (AvgIpc) is 3.16. The summed E-state index contributed by atoms with van der Waals surface area (Å²) in [5.74, 6) is -1.10. The topological polar surface area (TPSA) is 210 Å². The minimum absolute atomic E-state index is 0.0979. The second-order valence-electron chi connectivity index (χ2n) is 15.2. The fourth-order valence-corrected chi connectivity index (χ4v) is 7.55. The van der Waals surface area contributed by atoms with Gasteiger partial charge in [0.2, 0.25) is 0 Å². The highest BCUT2D eigenvalue weighted by atomic mass is 31.2. The van der Waals surface area contributed by atoms with Crippen molar-refractivity contribution in [2.24, 2.45) is 0 Å². The van der Waals surface area contributed by atoms with Crippen molar-refractivity contribution in [3.05, 3.63) is 12.2 Å². The number of hydrogen-bond donors (Lipinski definition) is 6. The Hall–Kier alpha value is -1.41. The quantitative estimate of drug-likeness (QED) is 0.0159. The molecule has 0 aromatic heterocycles. The van der Waals surface area contributed by atoms with Crippen LogP contribution in [-0.2, 0) is 32.7 Å². The number of rotatable bonds is 35. The monoisotopic (exact) mass is 809 g/mol. The molecule has 0 aromatic rings. The van der Waals surface area contributed by atoms with Crippen LogP contribution in [0.1, 0.15) is 181 Å². The second-order valence-corrected chi connectivity index (χ2v) is 16.6. The number of carbonyl (C=O) groups excluding carboxylic acids is 2. The summed E-state index contributed by atoms with van der Waals surface area (Å²) in [4.78, 5) is 35.4. The molecule has 0 amide bonds. The molecule has 13 nitrogen and oxygen atoms in total. The lowest BCUT2D eigenvalue weighted by Crippen LogP contribution is -2.64. The van der Waals surface area contributed by atoms with Gasteiger partial charge >= 0.3 is 19.8 Å². The highest BCUT2D eigenvalue weighted by Gasteiger charge is 2.51. The van der Waals surface area contributed by atoms with Gasteiger partial charge in [-0.15, -0.1) is 0 Å². The van der Waals surface area contributed by atoms with Crippen molar-refractivity contribution in [1.29, 1.82) is 0 Å². The van der Waals surface area contributed by atoms with Gasteiger partial charge in [-0.1, -0.05) is 142 Å². The maximum Gasteiger partial charge on any atom is 0.472 e. The van der Waals surface area contributed by atoms with Gasteiger partial charge < -0.3 is 39.9 Å². The molecule has 55 heavy (non-hydrogen) atoms. The van der Waals surface area contributed by atoms with E-state index < -0.39 is 75.7 Å². The van der Waals surface area contributed by atoms with E-state index in [-0.39, 0.29) is 12.8 Å². The van der Waals surface area contributed by atoms with E-state index in [1.807, 2.05) is 0 Å². The molecular weight excluding hydrogens is 731 g/mol. The van der Waals surface area contributed by atoms with Gasteiger partial charge in [-0.2, -0.15) is 0 Å². The van der Waals surface area contributed by atoms with Crippen LogP contribution in [0.25, 0.3) is 0 Å². The van der Waals surface area contributed by atoms with E-state index in [1.165, 1.54) is 77.0 Å². The molecule has 324 valence electrons. The maximum atomic E-state index is 12.7. The first-order valence-electron chi connectivity index (χ1n) is 21.5. The molecule has 0 spiro atoms. The molecule has 6 N–H and O–H groups in total. The number of phosphoric acid groups is 1. The molecule has 8 atom stereocenters. The van der Waals surface area contributed by atoms with Gasteiger partial charge in [-0.3, -0.25) is 18.6 Å². The Bertz CT molecular complexity index is 1030. The number of carbonyl (C=O) groups is 2. The number of hydrogen-bond acceptors (Lipinski definition) is 12. The molecular formula is C41H77O13P. The third-order valence-corrected chi connectivity index (χ3v) is 11.1. The Labute approximate surface area is 331 Å². The first kappa shape index (κ1) is 51.6. The van der Waals surface area contributed by atoms with E-state index in [2.05, 4.69) is 26.0 Å². The van der Waals surface area contributed by atoms with Crippen molar-refractivity contribution in [1.82, 2.24) is 0 Å². The molecule has 6 unspecified atom stereocenters. The smallest absolute Gasteiger partial charge is 0.462 e. The standard InChI is InChI=1S/C41H77O13P/c1-3-5-7-9-11-12-13-14-15-16-17-18-19-20-21-22-24-26-28-30-35(43)53-33(31-51-34(42)29-27-25-23-10-8-6-4-2)32-52-55(49,50)54-41-39(47)37(45)36(44)38(46)40(41)48/h14-15,33,36-41,44-48H,3-13,16-32H2,1-2H3,(H,49,50)/b15-14+/t33-,36?,37-,38?,39?,40?,41?/m1/s1. The van der Waals surface area contributed by atoms with E-state index in [0.29, 0.717) is 12.8 Å². The summed E-state index contributed by atoms with van der Waals surface area (Å²) >= 11 is 0. The van der Waals surface area contributed by atoms with Gasteiger partial charge in [-0.05, 0) is 38.5 Å². The number of allylic oxidation sites excluding steroid dienone is 2. The molecule has 14 heteroatoms. The van der Waals surface area contributed by atoms with Gasteiger partial charge in [0.05, 0.1) is 6.61 Å². The predicted octanol–water partition coefficient (Wildman–Crippen LogP) is 7.50. The molecule has 1 saturated carbocycles. The van der Waals surface area contributed by atoms with Crippen LogP contribution in [0.2, 0.25) is 0 Å². The van der Waals surface area contributed by atoms with Crippen LogP contribution in [0.3, 0.4) is 0 Å². The average molecular weight is 809 g/mol. The zero-order chi connectivity index (χ0) is 40.7. The van der Waals surface area contributed by atoms with E-state index >= 15 is 0 Å². The number of phosphoric ester groups is 1. The summed E-state index contributed by atoms with van der Waals surface area (Å²) in [6.07, 6.45) is 18.8. The van der Waals surface area contributed by atoms with Crippen LogP contribution in [0, 0.1) is 0 Å². The Kier molecular flexibility index (Phi) is 30.5. The summed E-state index contributed by atoms with van der Waals surface area (Å²) in [6.45, 7) is 3.23. The van der Waals surface area contributed by atoms with Crippen LogP contribution >= 0.6 is 7.82 Å². The third-order valence-electron chi connectivity index (χ3n) is 10.1. The highest BCUT2D eigenvalue weighted by molar-refractivity contribution is 7.47. The first-order valence-corrected chi connectivity index (χ1v) is 23.0. The summed E-state index contributed by atoms with van der Waals surface area (Å²) in [5, 5.41) is 49.9. The lowest BCUT2D eigenvalue weighted by molar-refractivity contribution is -0.220. The SMILES string of the molecule is CCCCCCCC/C=C/CCCCCCCCCCCC(=O)O[C@H](COC(=O)CCCCCCCCC)COP(=O)(O)OC1C(O)C(O)C(O)[C@@H](O)C1O. The third kappa shape index (κ3) is 25.5. The van der Waals surface area contributed by atoms with Crippen molar-refractivity contribution < 1.29 is 63.1 Å². The van der Waals surface area contributed by atoms with Crippen molar-refractivity contribution >= 4 is 19.8 Å². The predicted molar refractivity (Wildman–Crippen MR) is 212 cm³/mol. The van der Waals surface area contributed by atoms with Gasteiger partial charge in [0.1, 0.15) is 43.2 Å². The second kappa shape index (κ2) is 32.5. The summed E-state index contributed by atoms with van der Waals surface area (Å²) in [7, 11) is -5.10. The molecule has 0 aromatic carbocycles. The Morgan fingerprint density at radius 3 is 1.38 bits per heavy atom. The summed E-state index contributed by atoms with van der Waals surface area (Å²) in [6, 6.07) is 0. The zero-order valence-electron chi connectivity index (χ0n) is 34.0. The summed E-state index contributed by atoms with van der Waals surface area (Å²) < 4.78 is 33.3. The van der Waals surface area contributed by atoms with Crippen molar-refractivity contribution in [2.45, 2.75) is 224 Å². The fraction of sp³-hybridized carbons (Fsp3) is 0.902.